The van der Waals surface area contributed by atoms with Crippen LogP contribution in [0.15, 0.2) is 146 Å². The summed E-state index contributed by atoms with van der Waals surface area (Å²) in [6.45, 7) is 9.30. The number of aromatic nitrogens is 5. The summed E-state index contributed by atoms with van der Waals surface area (Å²) in [5.74, 6) is -0.736. The van der Waals surface area contributed by atoms with E-state index < -0.39 is 5.97 Å². The molecule has 2 aliphatic rings. The zero-order chi connectivity index (χ0) is 49.4. The number of unbranched alkanes of at least 4 members (excludes halogenated alkanes) is 4. The van der Waals surface area contributed by atoms with Crippen LogP contribution in [0, 0.1) is 0 Å². The Morgan fingerprint density at radius 2 is 1.12 bits per heavy atom. The molecule has 11 rings (SSSR count). The molecule has 8 nitrogen and oxygen atoms in total. The van der Waals surface area contributed by atoms with Crippen LogP contribution in [-0.4, -0.2) is 35.9 Å². The van der Waals surface area contributed by atoms with E-state index in [9.17, 15) is 9.90 Å². The van der Waals surface area contributed by atoms with E-state index in [1.54, 1.807) is 17.5 Å². The van der Waals surface area contributed by atoms with Gasteiger partial charge in [0, 0.05) is 43.8 Å². The molecule has 0 unspecified atom stereocenters. The highest BCUT2D eigenvalue weighted by atomic mass is 32.1. The molecule has 4 heterocycles. The molecule has 72 heavy (non-hydrogen) atoms. The first-order chi connectivity index (χ1) is 35.3. The quantitative estimate of drug-likeness (QED) is 0.0862. The van der Waals surface area contributed by atoms with Crippen molar-refractivity contribution in [3.05, 3.63) is 184 Å². The summed E-state index contributed by atoms with van der Waals surface area (Å²) in [6.07, 6.45) is 17.4. The Hall–Kier alpha value is -7.23. The molecule has 0 saturated carbocycles. The van der Waals surface area contributed by atoms with Crippen LogP contribution in [0.4, 0.5) is 17.1 Å². The Morgan fingerprint density at radius 1 is 0.597 bits per heavy atom. The average molecular weight is 967 g/mol. The van der Waals surface area contributed by atoms with Crippen LogP contribution >= 0.6 is 11.3 Å². The topological polar surface area (TPSA) is 96.5 Å². The molecule has 9 aromatic rings. The van der Waals surface area contributed by atoms with Crippen LogP contribution in [-0.2, 0) is 10.8 Å². The maximum atomic E-state index is 12.5. The minimum absolute atomic E-state index is 0.0443. The smallest absolute Gasteiger partial charge is 0.357 e. The van der Waals surface area contributed by atoms with Crippen molar-refractivity contribution in [1.82, 2.24) is 24.8 Å². The van der Waals surface area contributed by atoms with Gasteiger partial charge in [0.1, 0.15) is 5.69 Å². The monoisotopic (exact) mass is 966 g/mol. The molecule has 0 amide bonds. The second-order valence-corrected chi connectivity index (χ2v) is 21.0. The molecule has 0 aliphatic heterocycles. The fourth-order valence-electron chi connectivity index (χ4n) is 12.1. The van der Waals surface area contributed by atoms with E-state index in [1.165, 1.54) is 86.1 Å². The fraction of sp³-hybridized carbons (Fsp3) is 0.286. The molecule has 4 aromatic heterocycles. The van der Waals surface area contributed by atoms with Gasteiger partial charge in [0.25, 0.3) is 0 Å². The van der Waals surface area contributed by atoms with Crippen LogP contribution < -0.4 is 10.1 Å². The van der Waals surface area contributed by atoms with Crippen molar-refractivity contribution in [1.29, 1.82) is 0 Å². The normalized spacial score (nSPS) is 14.1. The molecule has 0 fully saturated rings. The lowest BCUT2D eigenvalue weighted by atomic mass is 9.70. The number of hydrogen-bond donors (Lipinski definition) is 1. The molecular formula is C63H62N6O2S. The summed E-state index contributed by atoms with van der Waals surface area (Å²) in [5, 5.41) is 23.8. The lowest BCUT2D eigenvalue weighted by molar-refractivity contribution is 0.0689. The van der Waals surface area contributed by atoms with Crippen molar-refractivity contribution in [3.8, 4) is 44.2 Å². The number of nitrogens with zero attached hydrogens (tertiary/aromatic N) is 6. The molecule has 2 aliphatic carbocycles. The zero-order valence-corrected chi connectivity index (χ0v) is 42.7. The van der Waals surface area contributed by atoms with Gasteiger partial charge in [-0.1, -0.05) is 158 Å². The molecular weight excluding hydrogens is 905 g/mol. The summed E-state index contributed by atoms with van der Waals surface area (Å²) >= 11 is 1.60. The predicted octanol–water partition coefficient (Wildman–Crippen LogP) is 15.9. The second-order valence-electron chi connectivity index (χ2n) is 19.9. The first kappa shape index (κ1) is 47.1. The Balaban J connectivity index is 1.03. The van der Waals surface area contributed by atoms with E-state index in [0.29, 0.717) is 22.4 Å². The van der Waals surface area contributed by atoms with Crippen LogP contribution in [0.3, 0.4) is 0 Å². The van der Waals surface area contributed by atoms with Crippen LogP contribution in [0.2, 0.25) is 0 Å². The van der Waals surface area contributed by atoms with Crippen molar-refractivity contribution in [3.63, 3.8) is 0 Å². The molecule has 0 atom stereocenters. The first-order valence-corrected chi connectivity index (χ1v) is 27.0. The van der Waals surface area contributed by atoms with E-state index in [2.05, 4.69) is 168 Å². The number of rotatable bonds is 19. The number of thiophene rings is 1. The summed E-state index contributed by atoms with van der Waals surface area (Å²) in [4.78, 5) is 21.4. The van der Waals surface area contributed by atoms with Crippen LogP contribution in [0.1, 0.15) is 142 Å². The Kier molecular flexibility index (Phi) is 12.9. The van der Waals surface area contributed by atoms with Crippen molar-refractivity contribution in [2.24, 2.45) is 0 Å². The van der Waals surface area contributed by atoms with E-state index >= 15 is 0 Å². The maximum absolute atomic E-state index is 12.5. The standard InChI is InChI=1S/C63H62N6O2S/c1-5-9-34-62(35-10-6-2)52-21-15-13-19-47(52)49-31-28-44(39-54(49)62)68(45-29-32-50-48-20-14-16-22-53(48)63(36-11-7-3,37-12-8-4)55(50)40-45)43-26-24-42(25-27-43)57-33-30-46(72-57)41-51-58(61(70)71)67-69-59(51)65-66-60(69)56-23-17-18-38-64-56/h13-33,38-41H,5-12,34-37H2,1-4H3,(H,70,71)/b51-41-. The number of fused-ring (bicyclic) bond motifs is 7. The van der Waals surface area contributed by atoms with Crippen molar-refractivity contribution in [2.45, 2.75) is 116 Å². The van der Waals surface area contributed by atoms with Gasteiger partial charge in [0.2, 0.25) is 5.82 Å². The number of aromatic carboxylic acids is 1. The van der Waals surface area contributed by atoms with Crippen LogP contribution in [0.25, 0.3) is 55.9 Å². The summed E-state index contributed by atoms with van der Waals surface area (Å²) < 4.78 is 1.48. The Morgan fingerprint density at radius 3 is 1.65 bits per heavy atom. The van der Waals surface area contributed by atoms with Gasteiger partial charge in [-0.25, -0.2) is 4.79 Å². The van der Waals surface area contributed by atoms with Gasteiger partial charge in [-0.3, -0.25) is 4.98 Å². The minimum atomic E-state index is -1.13. The SMILES string of the molecule is CCCCC1(CCCC)c2ccccc2-c2ccc(N(c3ccc(-c4ccc(/C=c5/c(C(=O)O)nn6c(-c7ccccn7)nnc56)s4)cc3)c3ccc4c(c3)C(CCCC)(CCCC)c3ccccc3-4)cc21. The summed E-state index contributed by atoms with van der Waals surface area (Å²) in [6, 6.07) is 51.7. The van der Waals surface area contributed by atoms with E-state index in [4.69, 9.17) is 0 Å². The fourth-order valence-corrected chi connectivity index (χ4v) is 13.1. The molecule has 362 valence electrons. The minimum Gasteiger partial charge on any atom is -0.476 e. The van der Waals surface area contributed by atoms with E-state index in [0.717, 1.165) is 72.4 Å². The van der Waals surface area contributed by atoms with E-state index in [-0.39, 0.29) is 16.5 Å². The van der Waals surface area contributed by atoms with Crippen molar-refractivity contribution < 1.29 is 9.90 Å². The lowest BCUT2D eigenvalue weighted by Gasteiger charge is -2.35. The van der Waals surface area contributed by atoms with Crippen molar-refractivity contribution in [2.75, 3.05) is 4.90 Å². The van der Waals surface area contributed by atoms with Gasteiger partial charge in [0.05, 0.1) is 5.22 Å². The average Bonchev–Trinajstić information content (AvgIpc) is 4.25. The Labute approximate surface area is 427 Å². The van der Waals surface area contributed by atoms with Gasteiger partial charge in [0.15, 0.2) is 11.3 Å². The number of carboxylic acids is 1. The maximum Gasteiger partial charge on any atom is 0.357 e. The molecule has 1 N–H and O–H groups in total. The third kappa shape index (κ3) is 8.02. The number of anilines is 3. The van der Waals surface area contributed by atoms with Gasteiger partial charge in [-0.15, -0.1) is 21.5 Å². The molecule has 0 bridgehead atoms. The number of carbonyl (C=O) groups is 1. The molecule has 0 spiro atoms. The Bertz CT molecular complexity index is 3350. The zero-order valence-electron chi connectivity index (χ0n) is 41.9. The number of carboxylic acid groups (broad SMARTS) is 1. The predicted molar refractivity (Wildman–Crippen MR) is 295 cm³/mol. The number of hydrogen-bond acceptors (Lipinski definition) is 7. The molecule has 5 aromatic carbocycles. The summed E-state index contributed by atoms with van der Waals surface area (Å²) in [7, 11) is 0. The lowest BCUT2D eigenvalue weighted by Crippen LogP contribution is -2.26. The van der Waals surface area contributed by atoms with Crippen LogP contribution in [0.5, 0.6) is 0 Å². The highest BCUT2D eigenvalue weighted by Gasteiger charge is 2.44. The first-order valence-electron chi connectivity index (χ1n) is 26.2. The largest absolute Gasteiger partial charge is 0.476 e. The number of benzene rings is 5. The highest BCUT2D eigenvalue weighted by Crippen LogP contribution is 2.58. The van der Waals surface area contributed by atoms with Gasteiger partial charge < -0.3 is 10.0 Å². The van der Waals surface area contributed by atoms with Gasteiger partial charge in [-0.05, 0) is 142 Å². The number of pyridine rings is 1. The highest BCUT2D eigenvalue weighted by molar-refractivity contribution is 7.16. The molecule has 0 radical (unpaired) electrons. The third-order valence-electron chi connectivity index (χ3n) is 15.6. The second kappa shape index (κ2) is 19.8. The molecule has 9 heteroatoms. The van der Waals surface area contributed by atoms with E-state index in [1.807, 2.05) is 30.3 Å². The van der Waals surface area contributed by atoms with Gasteiger partial charge in [-0.2, -0.15) is 9.61 Å². The molecule has 0 saturated heterocycles. The summed E-state index contributed by atoms with van der Waals surface area (Å²) in [5.41, 5.74) is 16.7. The third-order valence-corrected chi connectivity index (χ3v) is 16.7. The van der Waals surface area contributed by atoms with Gasteiger partial charge >= 0.3 is 5.97 Å². The van der Waals surface area contributed by atoms with Crippen molar-refractivity contribution >= 4 is 46.1 Å².